The number of esters is 1. The second kappa shape index (κ2) is 7.40. The van der Waals surface area contributed by atoms with E-state index in [9.17, 15) is 9.59 Å². The zero-order valence-corrected chi connectivity index (χ0v) is 15.7. The summed E-state index contributed by atoms with van der Waals surface area (Å²) in [4.78, 5) is 26.2. The molecule has 0 saturated heterocycles. The van der Waals surface area contributed by atoms with E-state index in [4.69, 9.17) is 4.74 Å². The number of ether oxygens (including phenoxy) is 1. The van der Waals surface area contributed by atoms with Crippen molar-refractivity contribution in [2.75, 3.05) is 11.9 Å². The van der Waals surface area contributed by atoms with Crippen LogP contribution in [0.4, 0.5) is 5.00 Å². The molecule has 25 heavy (non-hydrogen) atoms. The van der Waals surface area contributed by atoms with Crippen LogP contribution in [0.1, 0.15) is 57.0 Å². The van der Waals surface area contributed by atoms with Crippen LogP contribution in [0.3, 0.4) is 0 Å². The highest BCUT2D eigenvalue weighted by atomic mass is 32.1. The van der Waals surface area contributed by atoms with Crippen molar-refractivity contribution in [2.24, 2.45) is 5.92 Å². The molecule has 4 nitrogen and oxygen atoms in total. The second-order valence-electron chi connectivity index (χ2n) is 6.60. The molecule has 1 heterocycles. The van der Waals surface area contributed by atoms with E-state index in [0.29, 0.717) is 28.7 Å². The van der Waals surface area contributed by atoms with E-state index in [2.05, 4.69) is 12.2 Å². The number of amides is 1. The van der Waals surface area contributed by atoms with Crippen molar-refractivity contribution in [3.63, 3.8) is 0 Å². The summed E-state index contributed by atoms with van der Waals surface area (Å²) >= 11 is 1.51. The molecule has 0 unspecified atom stereocenters. The average Bonchev–Trinajstić information content (AvgIpc) is 2.92. The Labute approximate surface area is 152 Å². The number of fused-ring (bicyclic) bond motifs is 1. The van der Waals surface area contributed by atoms with E-state index in [-0.39, 0.29) is 11.9 Å². The normalized spacial score (nSPS) is 16.2. The Morgan fingerprint density at radius 2 is 2.00 bits per heavy atom. The van der Waals surface area contributed by atoms with Crippen LogP contribution in [-0.4, -0.2) is 18.5 Å². The first kappa shape index (κ1) is 17.7. The van der Waals surface area contributed by atoms with Crippen LogP contribution in [0.15, 0.2) is 24.3 Å². The fraction of sp³-hybridized carbons (Fsp3) is 0.400. The largest absolute Gasteiger partial charge is 0.462 e. The Morgan fingerprint density at radius 1 is 1.28 bits per heavy atom. The summed E-state index contributed by atoms with van der Waals surface area (Å²) < 4.78 is 5.24. The molecule has 1 amide bonds. The zero-order valence-electron chi connectivity index (χ0n) is 14.8. The molecule has 1 N–H and O–H groups in total. The summed E-state index contributed by atoms with van der Waals surface area (Å²) in [7, 11) is 0. The summed E-state index contributed by atoms with van der Waals surface area (Å²) in [5.74, 6) is 0.0628. The first-order valence-electron chi connectivity index (χ1n) is 8.69. The molecule has 0 saturated carbocycles. The average molecular weight is 357 g/mol. The van der Waals surface area contributed by atoms with Gasteiger partial charge in [0.15, 0.2) is 0 Å². The number of carbonyl (C=O) groups is 2. The number of anilines is 1. The fourth-order valence-corrected chi connectivity index (χ4v) is 4.53. The Morgan fingerprint density at radius 3 is 2.68 bits per heavy atom. The van der Waals surface area contributed by atoms with Crippen LogP contribution >= 0.6 is 11.3 Å². The smallest absolute Gasteiger partial charge is 0.341 e. The van der Waals surface area contributed by atoms with Crippen molar-refractivity contribution in [1.29, 1.82) is 0 Å². The predicted molar refractivity (Wildman–Crippen MR) is 101 cm³/mol. The zero-order chi connectivity index (χ0) is 18.0. The number of rotatable bonds is 4. The molecular formula is C20H23NO3S. The third-order valence-corrected chi connectivity index (χ3v) is 5.70. The van der Waals surface area contributed by atoms with Crippen molar-refractivity contribution in [2.45, 2.75) is 40.0 Å². The molecule has 5 heteroatoms. The first-order valence-corrected chi connectivity index (χ1v) is 9.51. The summed E-state index contributed by atoms with van der Waals surface area (Å²) in [6.07, 6.45) is 2.87. The Hall–Kier alpha value is -2.14. The van der Waals surface area contributed by atoms with Crippen molar-refractivity contribution in [3.05, 3.63) is 51.4 Å². The van der Waals surface area contributed by atoms with Gasteiger partial charge in [0, 0.05) is 10.4 Å². The Bertz CT molecular complexity index is 792. The van der Waals surface area contributed by atoms with E-state index < -0.39 is 0 Å². The minimum Gasteiger partial charge on any atom is -0.462 e. The van der Waals surface area contributed by atoms with E-state index >= 15 is 0 Å². The van der Waals surface area contributed by atoms with Crippen molar-refractivity contribution in [1.82, 2.24) is 0 Å². The molecule has 1 atom stereocenters. The lowest BCUT2D eigenvalue weighted by Gasteiger charge is -2.18. The third kappa shape index (κ3) is 3.76. The van der Waals surface area contributed by atoms with E-state index in [1.165, 1.54) is 16.2 Å². The maximum absolute atomic E-state index is 12.6. The van der Waals surface area contributed by atoms with Gasteiger partial charge < -0.3 is 10.1 Å². The topological polar surface area (TPSA) is 55.4 Å². The van der Waals surface area contributed by atoms with E-state index in [1.807, 2.05) is 19.1 Å². The van der Waals surface area contributed by atoms with Gasteiger partial charge in [0.1, 0.15) is 5.00 Å². The van der Waals surface area contributed by atoms with Crippen LogP contribution in [0, 0.1) is 12.8 Å². The molecule has 3 rings (SSSR count). The first-order chi connectivity index (χ1) is 12.0. The standard InChI is InChI=1S/C20H23NO3S/c1-4-24-20(23)17-15-10-7-13(3)11-16(15)25-19(17)21-18(22)14-8-5-12(2)6-9-14/h5-6,8-9,13H,4,7,10-11H2,1-3H3,(H,21,22)/t13-/m1/s1. The molecule has 1 aromatic heterocycles. The third-order valence-electron chi connectivity index (χ3n) is 4.53. The van der Waals surface area contributed by atoms with Crippen molar-refractivity contribution >= 4 is 28.2 Å². The number of aryl methyl sites for hydroxylation is 1. The molecule has 0 fully saturated rings. The molecule has 0 aliphatic heterocycles. The van der Waals surface area contributed by atoms with Crippen molar-refractivity contribution < 1.29 is 14.3 Å². The maximum Gasteiger partial charge on any atom is 0.341 e. The van der Waals surface area contributed by atoms with Gasteiger partial charge in [-0.1, -0.05) is 24.6 Å². The minimum atomic E-state index is -0.339. The molecule has 0 radical (unpaired) electrons. The highest BCUT2D eigenvalue weighted by Gasteiger charge is 2.29. The monoisotopic (exact) mass is 357 g/mol. The van der Waals surface area contributed by atoms with Gasteiger partial charge in [-0.3, -0.25) is 4.79 Å². The van der Waals surface area contributed by atoms with Gasteiger partial charge in [-0.15, -0.1) is 11.3 Å². The highest BCUT2D eigenvalue weighted by Crippen LogP contribution is 2.40. The molecule has 1 aromatic carbocycles. The molecule has 1 aliphatic carbocycles. The number of benzene rings is 1. The van der Waals surface area contributed by atoms with Gasteiger partial charge in [0.05, 0.1) is 12.2 Å². The van der Waals surface area contributed by atoms with Gasteiger partial charge in [-0.2, -0.15) is 0 Å². The summed E-state index contributed by atoms with van der Waals surface area (Å²) in [5.41, 5.74) is 3.29. The molecule has 1 aliphatic rings. The molecule has 0 bridgehead atoms. The number of thiophene rings is 1. The molecule has 2 aromatic rings. The van der Waals surface area contributed by atoms with Gasteiger partial charge in [0.25, 0.3) is 5.91 Å². The molecular weight excluding hydrogens is 334 g/mol. The van der Waals surface area contributed by atoms with Crippen LogP contribution in [0.5, 0.6) is 0 Å². The van der Waals surface area contributed by atoms with Crippen LogP contribution in [0.2, 0.25) is 0 Å². The lowest BCUT2D eigenvalue weighted by atomic mass is 9.88. The van der Waals surface area contributed by atoms with Gasteiger partial charge in [0.2, 0.25) is 0 Å². The summed E-state index contributed by atoms with van der Waals surface area (Å²) in [6.45, 7) is 6.32. The predicted octanol–water partition coefficient (Wildman–Crippen LogP) is 4.61. The van der Waals surface area contributed by atoms with Gasteiger partial charge >= 0.3 is 5.97 Å². The lowest BCUT2D eigenvalue weighted by molar-refractivity contribution is 0.0526. The van der Waals surface area contributed by atoms with Gasteiger partial charge in [-0.25, -0.2) is 4.79 Å². The van der Waals surface area contributed by atoms with Crippen molar-refractivity contribution in [3.8, 4) is 0 Å². The molecule has 0 spiro atoms. The highest BCUT2D eigenvalue weighted by molar-refractivity contribution is 7.17. The Balaban J connectivity index is 1.93. The number of carbonyl (C=O) groups excluding carboxylic acids is 2. The fourth-order valence-electron chi connectivity index (χ4n) is 3.14. The number of nitrogens with one attached hydrogen (secondary N) is 1. The van der Waals surface area contributed by atoms with Crippen LogP contribution < -0.4 is 5.32 Å². The Kier molecular flexibility index (Phi) is 5.23. The molecule has 132 valence electrons. The minimum absolute atomic E-state index is 0.197. The van der Waals surface area contributed by atoms with Gasteiger partial charge in [-0.05, 0) is 56.7 Å². The SMILES string of the molecule is CCOC(=O)c1c(NC(=O)c2ccc(C)cc2)sc2c1CC[C@@H](C)C2. The van der Waals surface area contributed by atoms with Crippen LogP contribution in [-0.2, 0) is 17.6 Å². The quantitative estimate of drug-likeness (QED) is 0.813. The second-order valence-corrected chi connectivity index (χ2v) is 7.70. The van der Waals surface area contributed by atoms with Crippen LogP contribution in [0.25, 0.3) is 0 Å². The van der Waals surface area contributed by atoms with E-state index in [0.717, 1.165) is 30.4 Å². The number of hydrogen-bond acceptors (Lipinski definition) is 4. The summed E-state index contributed by atoms with van der Waals surface area (Å²) in [6, 6.07) is 7.40. The lowest BCUT2D eigenvalue weighted by Crippen LogP contribution is -2.16. The number of hydrogen-bond donors (Lipinski definition) is 1. The van der Waals surface area contributed by atoms with E-state index in [1.54, 1.807) is 19.1 Å². The summed E-state index contributed by atoms with van der Waals surface area (Å²) in [5, 5.41) is 3.55. The maximum atomic E-state index is 12.6.